The fourth-order valence-electron chi connectivity index (χ4n) is 3.87. The Morgan fingerprint density at radius 1 is 1.16 bits per heavy atom. The first kappa shape index (κ1) is 21.8. The Hall–Kier alpha value is -3.39. The number of likely N-dealkylation sites (tertiary alicyclic amines) is 1. The van der Waals surface area contributed by atoms with Crippen LogP contribution in [-0.4, -0.2) is 52.9 Å². The van der Waals surface area contributed by atoms with Gasteiger partial charge in [0.05, 0.1) is 7.11 Å². The van der Waals surface area contributed by atoms with Crippen LogP contribution in [0.5, 0.6) is 5.75 Å². The van der Waals surface area contributed by atoms with E-state index in [0.29, 0.717) is 43.3 Å². The third-order valence-corrected chi connectivity index (χ3v) is 5.75. The summed E-state index contributed by atoms with van der Waals surface area (Å²) >= 11 is 0. The Kier molecular flexibility index (Phi) is 6.41. The zero-order valence-electron chi connectivity index (χ0n) is 18.1. The monoisotopic (exact) mass is 439 g/mol. The number of urea groups is 1. The minimum absolute atomic E-state index is 0.0408. The van der Waals surface area contributed by atoms with Crippen molar-refractivity contribution in [1.82, 2.24) is 14.9 Å². The molecule has 2 amide bonds. The van der Waals surface area contributed by atoms with E-state index < -0.39 is 0 Å². The third kappa shape index (κ3) is 4.45. The van der Waals surface area contributed by atoms with Gasteiger partial charge < -0.3 is 14.1 Å². The second kappa shape index (κ2) is 9.40. The Morgan fingerprint density at radius 2 is 1.78 bits per heavy atom. The number of hydroxylamine groups is 2. The van der Waals surface area contributed by atoms with Crippen LogP contribution in [0.4, 0.5) is 9.18 Å². The van der Waals surface area contributed by atoms with Gasteiger partial charge in [-0.15, -0.1) is 0 Å². The number of hydrogen-bond donors (Lipinski definition) is 1. The molecule has 1 saturated heterocycles. The smallest absolute Gasteiger partial charge is 0.343 e. The van der Waals surface area contributed by atoms with Gasteiger partial charge in [-0.3, -0.25) is 5.21 Å². The summed E-state index contributed by atoms with van der Waals surface area (Å²) in [6, 6.07) is 13.3. The first-order valence-corrected chi connectivity index (χ1v) is 10.7. The normalized spacial score (nSPS) is 14.4. The van der Waals surface area contributed by atoms with Crippen molar-refractivity contribution < 1.29 is 23.5 Å². The molecule has 8 heteroatoms. The maximum atomic E-state index is 13.5. The van der Waals surface area contributed by atoms with Gasteiger partial charge in [0, 0.05) is 36.7 Å². The molecule has 0 saturated carbocycles. The van der Waals surface area contributed by atoms with Crippen molar-refractivity contribution in [2.24, 2.45) is 0 Å². The summed E-state index contributed by atoms with van der Waals surface area (Å²) in [5.41, 5.74) is 2.25. The van der Waals surface area contributed by atoms with Crippen LogP contribution >= 0.6 is 0 Å². The molecule has 1 aliphatic rings. The number of methoxy groups -OCH3 is 1. The van der Waals surface area contributed by atoms with Crippen LogP contribution in [0.25, 0.3) is 22.6 Å². The van der Waals surface area contributed by atoms with E-state index in [-0.39, 0.29) is 24.3 Å². The third-order valence-electron chi connectivity index (χ3n) is 5.75. The van der Waals surface area contributed by atoms with Crippen LogP contribution in [0.15, 0.2) is 52.9 Å². The van der Waals surface area contributed by atoms with Gasteiger partial charge in [0.2, 0.25) is 0 Å². The van der Waals surface area contributed by atoms with Gasteiger partial charge in [-0.25, -0.2) is 19.2 Å². The second-order valence-electron chi connectivity index (χ2n) is 7.72. The maximum absolute atomic E-state index is 13.5. The lowest BCUT2D eigenvalue weighted by molar-refractivity contribution is -0.0543. The molecular formula is C24H26FN3O4. The lowest BCUT2D eigenvalue weighted by Crippen LogP contribution is -2.45. The van der Waals surface area contributed by atoms with Crippen molar-refractivity contribution in [3.63, 3.8) is 0 Å². The Labute approximate surface area is 186 Å². The van der Waals surface area contributed by atoms with E-state index in [1.807, 2.05) is 24.3 Å². The maximum Gasteiger partial charge on any atom is 0.343 e. The number of amides is 2. The van der Waals surface area contributed by atoms with Crippen molar-refractivity contribution in [1.29, 1.82) is 0 Å². The minimum Gasteiger partial charge on any atom is -0.497 e. The average Bonchev–Trinajstić information content (AvgIpc) is 3.29. The second-order valence-corrected chi connectivity index (χ2v) is 7.72. The van der Waals surface area contributed by atoms with E-state index in [1.54, 1.807) is 31.1 Å². The van der Waals surface area contributed by atoms with Crippen LogP contribution in [0.1, 0.15) is 31.6 Å². The molecule has 3 aromatic rings. The Morgan fingerprint density at radius 3 is 2.38 bits per heavy atom. The van der Waals surface area contributed by atoms with Gasteiger partial charge in [0.25, 0.3) is 0 Å². The number of piperidine rings is 1. The predicted octanol–water partition coefficient (Wildman–Crippen LogP) is 5.17. The topological polar surface area (TPSA) is 79.0 Å². The van der Waals surface area contributed by atoms with Gasteiger partial charge in [0.1, 0.15) is 17.3 Å². The van der Waals surface area contributed by atoms with E-state index in [0.717, 1.165) is 21.9 Å². The van der Waals surface area contributed by atoms with Gasteiger partial charge in [-0.2, -0.15) is 0 Å². The summed E-state index contributed by atoms with van der Waals surface area (Å²) in [5.74, 6) is 1.67. The summed E-state index contributed by atoms with van der Waals surface area (Å²) in [6.07, 6.45) is 1.35. The number of carbonyl (C=O) groups is 1. The number of halogens is 1. The minimum atomic E-state index is -0.385. The SMILES string of the molecule is CCN(O)C(=O)N1CCC(c2nc(-c3ccc(F)cc3)c(-c3ccc(OC)cc3)o2)CC1. The average molecular weight is 439 g/mol. The quantitative estimate of drug-likeness (QED) is 0.438. The van der Waals surface area contributed by atoms with Crippen molar-refractivity contribution in [2.75, 3.05) is 26.7 Å². The molecule has 1 fully saturated rings. The van der Waals surface area contributed by atoms with E-state index in [9.17, 15) is 14.4 Å². The molecule has 0 atom stereocenters. The summed E-state index contributed by atoms with van der Waals surface area (Å²) in [5, 5.41) is 10.4. The predicted molar refractivity (Wildman–Crippen MR) is 117 cm³/mol. The first-order valence-electron chi connectivity index (χ1n) is 10.7. The van der Waals surface area contributed by atoms with Crippen molar-refractivity contribution in [3.05, 3.63) is 60.2 Å². The van der Waals surface area contributed by atoms with Gasteiger partial charge in [-0.05, 0) is 68.3 Å². The molecular weight excluding hydrogens is 413 g/mol. The number of rotatable bonds is 5. The molecule has 2 heterocycles. The number of benzene rings is 2. The lowest BCUT2D eigenvalue weighted by atomic mass is 9.97. The summed E-state index contributed by atoms with van der Waals surface area (Å²) in [7, 11) is 1.61. The molecule has 1 aliphatic heterocycles. The fraction of sp³-hybridized carbons (Fsp3) is 0.333. The molecule has 0 unspecified atom stereocenters. The van der Waals surface area contributed by atoms with Crippen LogP contribution in [0.2, 0.25) is 0 Å². The fourth-order valence-corrected chi connectivity index (χ4v) is 3.87. The molecule has 1 aromatic heterocycles. The van der Waals surface area contributed by atoms with E-state index in [4.69, 9.17) is 14.1 Å². The van der Waals surface area contributed by atoms with Gasteiger partial charge >= 0.3 is 6.03 Å². The van der Waals surface area contributed by atoms with Crippen LogP contribution < -0.4 is 4.74 Å². The molecule has 7 nitrogen and oxygen atoms in total. The van der Waals surface area contributed by atoms with Gasteiger partial charge in [-0.1, -0.05) is 0 Å². The number of ether oxygens (including phenoxy) is 1. The number of hydrogen-bond acceptors (Lipinski definition) is 5. The van der Waals surface area contributed by atoms with Crippen molar-refractivity contribution in [3.8, 4) is 28.3 Å². The zero-order valence-corrected chi connectivity index (χ0v) is 18.1. The highest BCUT2D eigenvalue weighted by molar-refractivity contribution is 5.77. The molecule has 0 radical (unpaired) electrons. The number of nitrogens with zero attached hydrogens (tertiary/aromatic N) is 3. The Bertz CT molecular complexity index is 1060. The molecule has 0 aliphatic carbocycles. The summed E-state index contributed by atoms with van der Waals surface area (Å²) in [4.78, 5) is 18.6. The van der Waals surface area contributed by atoms with E-state index >= 15 is 0 Å². The van der Waals surface area contributed by atoms with Gasteiger partial charge in [0.15, 0.2) is 11.7 Å². The van der Waals surface area contributed by atoms with E-state index in [1.165, 1.54) is 12.1 Å². The number of carbonyl (C=O) groups excluding carboxylic acids is 1. The molecule has 0 bridgehead atoms. The van der Waals surface area contributed by atoms with Crippen LogP contribution in [0, 0.1) is 5.82 Å². The highest BCUT2D eigenvalue weighted by Gasteiger charge is 2.30. The summed E-state index contributed by atoms with van der Waals surface area (Å²) < 4.78 is 25.0. The zero-order chi connectivity index (χ0) is 22.7. The largest absolute Gasteiger partial charge is 0.497 e. The number of oxazole rings is 1. The van der Waals surface area contributed by atoms with Crippen molar-refractivity contribution in [2.45, 2.75) is 25.7 Å². The van der Waals surface area contributed by atoms with E-state index in [2.05, 4.69) is 0 Å². The highest BCUT2D eigenvalue weighted by atomic mass is 19.1. The number of aromatic nitrogens is 1. The van der Waals surface area contributed by atoms with Crippen LogP contribution in [0.3, 0.4) is 0 Å². The van der Waals surface area contributed by atoms with Crippen molar-refractivity contribution >= 4 is 6.03 Å². The molecule has 2 aromatic carbocycles. The highest BCUT2D eigenvalue weighted by Crippen LogP contribution is 2.38. The molecule has 0 spiro atoms. The molecule has 168 valence electrons. The summed E-state index contributed by atoms with van der Waals surface area (Å²) in [6.45, 7) is 2.97. The molecule has 32 heavy (non-hydrogen) atoms. The lowest BCUT2D eigenvalue weighted by Gasteiger charge is -2.32. The molecule has 4 rings (SSSR count). The first-order chi connectivity index (χ1) is 15.5. The standard InChI is InChI=1S/C24H26FN3O4/c1-3-28(30)24(29)27-14-12-18(13-15-27)23-26-21(16-4-8-19(25)9-5-16)22(32-23)17-6-10-20(31-2)11-7-17/h4-11,18,30H,3,12-15H2,1-2H3. The molecule has 1 N–H and O–H groups in total. The Balaban J connectivity index is 1.62. The van der Waals surface area contributed by atoms with Crippen LogP contribution in [-0.2, 0) is 0 Å².